The number of fused-ring (bicyclic) bond motifs is 1. The van der Waals surface area contributed by atoms with Crippen molar-refractivity contribution in [2.75, 3.05) is 0 Å². The second-order valence-electron chi connectivity index (χ2n) is 4.81. The molecule has 23 heavy (non-hydrogen) atoms. The number of benzene rings is 2. The van der Waals surface area contributed by atoms with Crippen LogP contribution in [-0.4, -0.2) is 21.0 Å². The molecule has 3 rings (SSSR count). The fourth-order valence-electron chi connectivity index (χ4n) is 2.05. The van der Waals surface area contributed by atoms with Gasteiger partial charge in [-0.15, -0.1) is 5.10 Å². The number of hydrogen-bond donors (Lipinski definition) is 0. The van der Waals surface area contributed by atoms with Gasteiger partial charge in [-0.1, -0.05) is 17.3 Å². The number of carbonyl (C=O) groups excluding carboxylic acids is 1. The Bertz CT molecular complexity index is 906. The van der Waals surface area contributed by atoms with Gasteiger partial charge in [-0.05, 0) is 59.0 Å². The standard InChI is InChI=1S/C16H12IN3O3/c17-11-5-7-12(8-6-11)23-15(21)9-10-20-16(22)13-3-1-2-4-14(13)18-19-20/h1-8H,9-10H2. The number of aryl methyl sites for hydroxylation is 1. The van der Waals surface area contributed by atoms with E-state index < -0.39 is 5.97 Å². The van der Waals surface area contributed by atoms with Gasteiger partial charge < -0.3 is 4.74 Å². The molecule has 0 aliphatic carbocycles. The van der Waals surface area contributed by atoms with Gasteiger partial charge in [-0.2, -0.15) is 0 Å². The van der Waals surface area contributed by atoms with Gasteiger partial charge in [0.15, 0.2) is 0 Å². The third-order valence-corrected chi connectivity index (χ3v) is 3.92. The molecule has 7 heteroatoms. The van der Waals surface area contributed by atoms with Crippen molar-refractivity contribution in [1.82, 2.24) is 15.0 Å². The van der Waals surface area contributed by atoms with E-state index in [1.54, 1.807) is 36.4 Å². The molecule has 0 saturated carbocycles. The number of halogens is 1. The summed E-state index contributed by atoms with van der Waals surface area (Å²) < 4.78 is 7.45. The number of rotatable bonds is 4. The van der Waals surface area contributed by atoms with E-state index in [1.807, 2.05) is 12.1 Å². The maximum absolute atomic E-state index is 12.2. The SMILES string of the molecule is O=C(CCn1nnc2ccccc2c1=O)Oc1ccc(I)cc1. The van der Waals surface area contributed by atoms with E-state index in [9.17, 15) is 9.59 Å². The average molecular weight is 421 g/mol. The van der Waals surface area contributed by atoms with Crippen molar-refractivity contribution in [2.45, 2.75) is 13.0 Å². The molecule has 3 aromatic rings. The largest absolute Gasteiger partial charge is 0.426 e. The quantitative estimate of drug-likeness (QED) is 0.368. The van der Waals surface area contributed by atoms with Gasteiger partial charge in [-0.3, -0.25) is 9.59 Å². The van der Waals surface area contributed by atoms with E-state index in [-0.39, 0.29) is 18.5 Å². The Hall–Kier alpha value is -2.29. The average Bonchev–Trinajstić information content (AvgIpc) is 2.57. The topological polar surface area (TPSA) is 74.1 Å². The fraction of sp³-hybridized carbons (Fsp3) is 0.125. The molecule has 0 radical (unpaired) electrons. The third kappa shape index (κ3) is 3.73. The smallest absolute Gasteiger partial charge is 0.313 e. The van der Waals surface area contributed by atoms with E-state index in [4.69, 9.17) is 4.74 Å². The first kappa shape index (κ1) is 15.6. The van der Waals surface area contributed by atoms with Crippen LogP contribution in [0.5, 0.6) is 5.75 Å². The molecule has 0 saturated heterocycles. The molecule has 0 fully saturated rings. The zero-order valence-electron chi connectivity index (χ0n) is 12.0. The number of hydrogen-bond acceptors (Lipinski definition) is 5. The summed E-state index contributed by atoms with van der Waals surface area (Å²) >= 11 is 2.17. The van der Waals surface area contributed by atoms with Crippen LogP contribution < -0.4 is 10.3 Å². The summed E-state index contributed by atoms with van der Waals surface area (Å²) in [6.45, 7) is 0.125. The lowest BCUT2D eigenvalue weighted by Gasteiger charge is -2.06. The molecule has 1 heterocycles. The Morgan fingerprint density at radius 3 is 2.65 bits per heavy atom. The summed E-state index contributed by atoms with van der Waals surface area (Å²) in [6, 6.07) is 14.1. The van der Waals surface area contributed by atoms with E-state index in [1.165, 1.54) is 4.68 Å². The Morgan fingerprint density at radius 2 is 1.87 bits per heavy atom. The highest BCUT2D eigenvalue weighted by atomic mass is 127. The van der Waals surface area contributed by atoms with E-state index in [0.717, 1.165) is 3.57 Å². The summed E-state index contributed by atoms with van der Waals surface area (Å²) in [5.41, 5.74) is 0.271. The Kier molecular flexibility index (Phi) is 4.65. The molecule has 0 N–H and O–H groups in total. The van der Waals surface area contributed by atoms with Crippen molar-refractivity contribution in [3.05, 3.63) is 62.5 Å². The molecule has 0 spiro atoms. The van der Waals surface area contributed by atoms with Crippen LogP contribution in [0.15, 0.2) is 53.3 Å². The molecule has 6 nitrogen and oxygen atoms in total. The van der Waals surface area contributed by atoms with Crippen LogP contribution >= 0.6 is 22.6 Å². The van der Waals surface area contributed by atoms with Crippen LogP contribution in [0.1, 0.15) is 6.42 Å². The van der Waals surface area contributed by atoms with Crippen LogP contribution in [0.4, 0.5) is 0 Å². The van der Waals surface area contributed by atoms with E-state index in [0.29, 0.717) is 16.7 Å². The minimum atomic E-state index is -0.423. The first-order chi connectivity index (χ1) is 11.1. The zero-order valence-corrected chi connectivity index (χ0v) is 14.1. The zero-order chi connectivity index (χ0) is 16.2. The molecule has 0 aliphatic heterocycles. The van der Waals surface area contributed by atoms with Gasteiger partial charge in [0.25, 0.3) is 5.56 Å². The van der Waals surface area contributed by atoms with Crippen LogP contribution in [0.25, 0.3) is 10.9 Å². The number of ether oxygens (including phenoxy) is 1. The lowest BCUT2D eigenvalue weighted by molar-refractivity contribution is -0.134. The summed E-state index contributed by atoms with van der Waals surface area (Å²) in [6.07, 6.45) is 0.0406. The molecular weight excluding hydrogens is 409 g/mol. The van der Waals surface area contributed by atoms with Crippen LogP contribution in [-0.2, 0) is 11.3 Å². The number of nitrogens with zero attached hydrogens (tertiary/aromatic N) is 3. The van der Waals surface area contributed by atoms with Crippen molar-refractivity contribution < 1.29 is 9.53 Å². The molecule has 116 valence electrons. The van der Waals surface area contributed by atoms with Crippen molar-refractivity contribution in [3.63, 3.8) is 0 Å². The van der Waals surface area contributed by atoms with Crippen LogP contribution in [0.2, 0.25) is 0 Å². The Labute approximate surface area is 145 Å². The molecule has 0 unspecified atom stereocenters. The minimum Gasteiger partial charge on any atom is -0.426 e. The summed E-state index contributed by atoms with van der Waals surface area (Å²) in [5, 5.41) is 8.30. The number of aromatic nitrogens is 3. The second-order valence-corrected chi connectivity index (χ2v) is 6.06. The maximum Gasteiger partial charge on any atom is 0.313 e. The Balaban J connectivity index is 1.68. The predicted molar refractivity (Wildman–Crippen MR) is 93.2 cm³/mol. The first-order valence-corrected chi connectivity index (χ1v) is 8.00. The predicted octanol–water partition coefficient (Wildman–Crippen LogP) is 2.39. The van der Waals surface area contributed by atoms with Crippen molar-refractivity contribution >= 4 is 39.5 Å². The minimum absolute atomic E-state index is 0.0406. The fourth-order valence-corrected chi connectivity index (χ4v) is 2.41. The summed E-state index contributed by atoms with van der Waals surface area (Å²) in [7, 11) is 0. The van der Waals surface area contributed by atoms with E-state index in [2.05, 4.69) is 32.9 Å². The lowest BCUT2D eigenvalue weighted by Crippen LogP contribution is -2.26. The summed E-state index contributed by atoms with van der Waals surface area (Å²) in [5.74, 6) is 0.0559. The van der Waals surface area contributed by atoms with Crippen molar-refractivity contribution in [2.24, 2.45) is 0 Å². The molecule has 0 bridgehead atoms. The highest BCUT2D eigenvalue weighted by Gasteiger charge is 2.09. The van der Waals surface area contributed by atoms with E-state index >= 15 is 0 Å². The van der Waals surface area contributed by atoms with Gasteiger partial charge in [-0.25, -0.2) is 4.68 Å². The highest BCUT2D eigenvalue weighted by molar-refractivity contribution is 14.1. The van der Waals surface area contributed by atoms with Gasteiger partial charge in [0, 0.05) is 3.57 Å². The monoisotopic (exact) mass is 421 g/mol. The number of carbonyl (C=O) groups is 1. The lowest BCUT2D eigenvalue weighted by atomic mass is 10.2. The Morgan fingerprint density at radius 1 is 1.13 bits per heavy atom. The summed E-state index contributed by atoms with van der Waals surface area (Å²) in [4.78, 5) is 24.1. The van der Waals surface area contributed by atoms with Gasteiger partial charge in [0.05, 0.1) is 18.4 Å². The highest BCUT2D eigenvalue weighted by Crippen LogP contribution is 2.14. The maximum atomic E-state index is 12.2. The molecule has 1 aromatic heterocycles. The molecule has 2 aromatic carbocycles. The van der Waals surface area contributed by atoms with Gasteiger partial charge in [0.1, 0.15) is 11.3 Å². The molecule has 0 amide bonds. The normalized spacial score (nSPS) is 10.7. The van der Waals surface area contributed by atoms with Gasteiger partial charge >= 0.3 is 5.97 Å². The van der Waals surface area contributed by atoms with Gasteiger partial charge in [0.2, 0.25) is 0 Å². The van der Waals surface area contributed by atoms with Crippen molar-refractivity contribution in [1.29, 1.82) is 0 Å². The third-order valence-electron chi connectivity index (χ3n) is 3.20. The molecular formula is C16H12IN3O3. The van der Waals surface area contributed by atoms with Crippen LogP contribution in [0, 0.1) is 3.57 Å². The first-order valence-electron chi connectivity index (χ1n) is 6.92. The molecule has 0 atom stereocenters. The molecule has 0 aliphatic rings. The second kappa shape index (κ2) is 6.86. The van der Waals surface area contributed by atoms with Crippen molar-refractivity contribution in [3.8, 4) is 5.75 Å². The van der Waals surface area contributed by atoms with Crippen LogP contribution in [0.3, 0.4) is 0 Å². The number of esters is 1.